The number of rotatable bonds is 9. The Bertz CT molecular complexity index is 773. The molecule has 0 fully saturated rings. The first kappa shape index (κ1) is 21.4. The molecule has 0 aliphatic rings. The molecule has 0 heterocycles. The van der Waals surface area contributed by atoms with Crippen molar-refractivity contribution in [3.63, 3.8) is 0 Å². The van der Waals surface area contributed by atoms with Gasteiger partial charge in [-0.2, -0.15) is 0 Å². The Morgan fingerprint density at radius 2 is 1.54 bits per heavy atom. The second kappa shape index (κ2) is 9.88. The first-order chi connectivity index (χ1) is 13.4. The van der Waals surface area contributed by atoms with Crippen molar-refractivity contribution >= 4 is 5.91 Å². The number of para-hydroxylation sites is 1. The highest BCUT2D eigenvalue weighted by atomic mass is 16.5. The number of ether oxygens (including phenoxy) is 4. The molecule has 1 N–H and O–H groups in total. The van der Waals surface area contributed by atoms with E-state index in [0.29, 0.717) is 23.9 Å². The summed E-state index contributed by atoms with van der Waals surface area (Å²) in [7, 11) is 4.69. The molecule has 1 unspecified atom stereocenters. The minimum atomic E-state index is -0.221. The number of amides is 1. The molecule has 0 saturated carbocycles. The third-order valence-corrected chi connectivity index (χ3v) is 4.55. The van der Waals surface area contributed by atoms with Crippen LogP contribution in [0.3, 0.4) is 0 Å². The van der Waals surface area contributed by atoms with Crippen LogP contribution >= 0.6 is 0 Å². The molecule has 0 saturated heterocycles. The van der Waals surface area contributed by atoms with Crippen LogP contribution in [0.5, 0.6) is 23.0 Å². The SMILES string of the molecule is COc1cc(C(C)NC(=O)CCOc2c(C)cccc2C)cc(OC)c1OC. The summed E-state index contributed by atoms with van der Waals surface area (Å²) in [6.45, 7) is 6.22. The summed E-state index contributed by atoms with van der Waals surface area (Å²) < 4.78 is 21.9. The average molecular weight is 387 g/mol. The Labute approximate surface area is 166 Å². The van der Waals surface area contributed by atoms with Gasteiger partial charge in [0, 0.05) is 0 Å². The summed E-state index contributed by atoms with van der Waals surface area (Å²) in [6.07, 6.45) is 0.266. The molecule has 0 spiro atoms. The fraction of sp³-hybridized carbons (Fsp3) is 0.409. The molecule has 0 radical (unpaired) electrons. The van der Waals surface area contributed by atoms with Crippen molar-refractivity contribution in [3.8, 4) is 23.0 Å². The molecular weight excluding hydrogens is 358 g/mol. The molecule has 2 rings (SSSR count). The van der Waals surface area contributed by atoms with E-state index in [-0.39, 0.29) is 18.4 Å². The van der Waals surface area contributed by atoms with E-state index in [9.17, 15) is 4.79 Å². The van der Waals surface area contributed by atoms with Crippen LogP contribution in [-0.4, -0.2) is 33.8 Å². The minimum Gasteiger partial charge on any atom is -0.493 e. The summed E-state index contributed by atoms with van der Waals surface area (Å²) in [4.78, 5) is 12.3. The molecule has 152 valence electrons. The maximum atomic E-state index is 12.3. The molecular formula is C22H29NO5. The highest BCUT2D eigenvalue weighted by Crippen LogP contribution is 2.39. The molecule has 2 aromatic rings. The van der Waals surface area contributed by atoms with Gasteiger partial charge in [0.15, 0.2) is 11.5 Å². The zero-order chi connectivity index (χ0) is 20.7. The van der Waals surface area contributed by atoms with E-state index in [1.54, 1.807) is 21.3 Å². The first-order valence-corrected chi connectivity index (χ1v) is 9.19. The van der Waals surface area contributed by atoms with Crippen molar-refractivity contribution in [2.24, 2.45) is 0 Å². The Kier molecular flexibility index (Phi) is 7.55. The smallest absolute Gasteiger partial charge is 0.223 e. The van der Waals surface area contributed by atoms with Crippen molar-refractivity contribution in [3.05, 3.63) is 47.0 Å². The van der Waals surface area contributed by atoms with Gasteiger partial charge < -0.3 is 24.3 Å². The molecule has 0 aromatic heterocycles. The van der Waals surface area contributed by atoms with E-state index in [1.807, 2.05) is 51.1 Å². The molecule has 0 aliphatic heterocycles. The second-order valence-corrected chi connectivity index (χ2v) is 6.57. The number of methoxy groups -OCH3 is 3. The van der Waals surface area contributed by atoms with Gasteiger partial charge >= 0.3 is 0 Å². The van der Waals surface area contributed by atoms with Crippen LogP contribution in [0.1, 0.15) is 36.1 Å². The lowest BCUT2D eigenvalue weighted by Gasteiger charge is -2.19. The van der Waals surface area contributed by atoms with Gasteiger partial charge in [-0.05, 0) is 49.6 Å². The van der Waals surface area contributed by atoms with Crippen molar-refractivity contribution in [1.82, 2.24) is 5.32 Å². The second-order valence-electron chi connectivity index (χ2n) is 6.57. The van der Waals surface area contributed by atoms with Gasteiger partial charge in [0.2, 0.25) is 11.7 Å². The summed E-state index contributed by atoms with van der Waals surface area (Å²) in [5, 5.41) is 2.98. The van der Waals surface area contributed by atoms with Gasteiger partial charge in [0.1, 0.15) is 5.75 Å². The predicted octanol–water partition coefficient (Wildman–Crippen LogP) is 3.98. The number of hydrogen-bond acceptors (Lipinski definition) is 5. The van der Waals surface area contributed by atoms with E-state index >= 15 is 0 Å². The van der Waals surface area contributed by atoms with Crippen LogP contribution in [0.2, 0.25) is 0 Å². The highest BCUT2D eigenvalue weighted by molar-refractivity contribution is 5.76. The first-order valence-electron chi connectivity index (χ1n) is 9.19. The Hall–Kier alpha value is -2.89. The molecule has 6 nitrogen and oxygen atoms in total. The van der Waals surface area contributed by atoms with Gasteiger partial charge in [0.05, 0.1) is 40.4 Å². The highest BCUT2D eigenvalue weighted by Gasteiger charge is 2.17. The van der Waals surface area contributed by atoms with Crippen LogP contribution in [0.25, 0.3) is 0 Å². The predicted molar refractivity (Wildman–Crippen MR) is 109 cm³/mol. The van der Waals surface area contributed by atoms with Crippen LogP contribution in [-0.2, 0) is 4.79 Å². The molecule has 1 amide bonds. The largest absolute Gasteiger partial charge is 0.493 e. The van der Waals surface area contributed by atoms with Gasteiger partial charge in [-0.15, -0.1) is 0 Å². The van der Waals surface area contributed by atoms with Crippen molar-refractivity contribution < 1.29 is 23.7 Å². The third-order valence-electron chi connectivity index (χ3n) is 4.55. The molecule has 28 heavy (non-hydrogen) atoms. The zero-order valence-electron chi connectivity index (χ0n) is 17.4. The lowest BCUT2D eigenvalue weighted by Crippen LogP contribution is -2.28. The molecule has 0 aliphatic carbocycles. The third kappa shape index (κ3) is 5.09. The number of aryl methyl sites for hydroxylation is 2. The van der Waals surface area contributed by atoms with Gasteiger partial charge in [0.25, 0.3) is 0 Å². The Morgan fingerprint density at radius 3 is 2.04 bits per heavy atom. The fourth-order valence-corrected chi connectivity index (χ4v) is 3.02. The number of hydrogen-bond donors (Lipinski definition) is 1. The van der Waals surface area contributed by atoms with Crippen molar-refractivity contribution in [1.29, 1.82) is 0 Å². The standard InChI is InChI=1S/C22H29NO5/c1-14-8-7-9-15(2)21(14)28-11-10-20(24)23-16(3)17-12-18(25-4)22(27-6)19(13-17)26-5/h7-9,12-13,16H,10-11H2,1-6H3,(H,23,24). The van der Waals surface area contributed by atoms with Crippen LogP contribution in [0.15, 0.2) is 30.3 Å². The number of carbonyl (C=O) groups is 1. The molecule has 6 heteroatoms. The van der Waals surface area contributed by atoms with E-state index in [0.717, 1.165) is 22.4 Å². The van der Waals surface area contributed by atoms with E-state index in [2.05, 4.69) is 5.32 Å². The number of nitrogens with one attached hydrogen (secondary N) is 1. The fourth-order valence-electron chi connectivity index (χ4n) is 3.02. The maximum absolute atomic E-state index is 12.3. The lowest BCUT2D eigenvalue weighted by molar-refractivity contribution is -0.122. The Balaban J connectivity index is 1.98. The van der Waals surface area contributed by atoms with Gasteiger partial charge in [-0.3, -0.25) is 4.79 Å². The minimum absolute atomic E-state index is 0.0903. The molecule has 1 atom stereocenters. The summed E-state index contributed by atoms with van der Waals surface area (Å²) >= 11 is 0. The molecule has 0 bridgehead atoms. The zero-order valence-corrected chi connectivity index (χ0v) is 17.4. The molecule has 2 aromatic carbocycles. The lowest BCUT2D eigenvalue weighted by atomic mass is 10.1. The monoisotopic (exact) mass is 387 g/mol. The summed E-state index contributed by atoms with van der Waals surface area (Å²) in [6, 6.07) is 9.42. The summed E-state index contributed by atoms with van der Waals surface area (Å²) in [5.41, 5.74) is 2.98. The van der Waals surface area contributed by atoms with E-state index < -0.39 is 0 Å². The normalized spacial score (nSPS) is 11.5. The average Bonchev–Trinajstić information content (AvgIpc) is 2.68. The number of carbonyl (C=O) groups excluding carboxylic acids is 1. The quantitative estimate of drug-likeness (QED) is 0.705. The van der Waals surface area contributed by atoms with Gasteiger partial charge in [-0.1, -0.05) is 18.2 Å². The van der Waals surface area contributed by atoms with Crippen molar-refractivity contribution in [2.75, 3.05) is 27.9 Å². The summed E-state index contributed by atoms with van der Waals surface area (Å²) in [5.74, 6) is 2.38. The van der Waals surface area contributed by atoms with E-state index in [1.165, 1.54) is 0 Å². The van der Waals surface area contributed by atoms with Gasteiger partial charge in [-0.25, -0.2) is 0 Å². The van der Waals surface area contributed by atoms with Crippen molar-refractivity contribution in [2.45, 2.75) is 33.2 Å². The van der Waals surface area contributed by atoms with Crippen LogP contribution in [0.4, 0.5) is 0 Å². The van der Waals surface area contributed by atoms with E-state index in [4.69, 9.17) is 18.9 Å². The number of benzene rings is 2. The topological polar surface area (TPSA) is 66.0 Å². The van der Waals surface area contributed by atoms with Crippen LogP contribution in [0, 0.1) is 13.8 Å². The van der Waals surface area contributed by atoms with Crippen LogP contribution < -0.4 is 24.3 Å². The maximum Gasteiger partial charge on any atom is 0.223 e. The Morgan fingerprint density at radius 1 is 0.964 bits per heavy atom.